The van der Waals surface area contributed by atoms with Gasteiger partial charge in [-0.3, -0.25) is 0 Å². The third kappa shape index (κ3) is 9.95. The summed E-state index contributed by atoms with van der Waals surface area (Å²) < 4.78 is 45.1. The van der Waals surface area contributed by atoms with Crippen LogP contribution in [0.5, 0.6) is 11.5 Å². The molecule has 0 aliphatic rings. The molecule has 0 aromatic heterocycles. The first-order valence-electron chi connectivity index (χ1n) is 13.9. The fourth-order valence-corrected chi connectivity index (χ4v) is 4.23. The van der Waals surface area contributed by atoms with Crippen molar-refractivity contribution in [2.24, 2.45) is 0 Å². The Labute approximate surface area is 248 Å². The first kappa shape index (κ1) is 32.2. The van der Waals surface area contributed by atoms with Gasteiger partial charge in [0.25, 0.3) is 0 Å². The Morgan fingerprint density at radius 2 is 0.738 bits per heavy atom. The van der Waals surface area contributed by atoms with Gasteiger partial charge in [-0.1, -0.05) is 112 Å². The molecule has 5 aromatic carbocycles. The monoisotopic (exact) mass is 568 g/mol. The minimum Gasteiger partial charge on any atom is -0.457 e. The molecule has 5 rings (SSSR count). The molecular weight excluding hydrogens is 529 g/mol. The summed E-state index contributed by atoms with van der Waals surface area (Å²) in [6.45, 7) is 13.8. The minimum absolute atomic E-state index is 0.246. The highest BCUT2D eigenvalue weighted by molar-refractivity contribution is 5.72. The van der Waals surface area contributed by atoms with Gasteiger partial charge in [-0.25, -0.2) is 0 Å². The first-order valence-corrected chi connectivity index (χ1v) is 13.9. The van der Waals surface area contributed by atoms with Crippen molar-refractivity contribution in [3.63, 3.8) is 0 Å². The van der Waals surface area contributed by atoms with Crippen LogP contribution in [0.1, 0.15) is 44.5 Å². The van der Waals surface area contributed by atoms with Crippen LogP contribution < -0.4 is 4.74 Å². The van der Waals surface area contributed by atoms with Crippen LogP contribution in [-0.4, -0.2) is 0 Å². The molecule has 5 aromatic rings. The first-order chi connectivity index (χ1) is 19.8. The van der Waals surface area contributed by atoms with E-state index in [1.165, 1.54) is 28.3 Å². The highest BCUT2D eigenvalue weighted by Gasteiger charge is 2.33. The largest absolute Gasteiger partial charge is 0.457 e. The molecule has 0 saturated carbocycles. The van der Waals surface area contributed by atoms with Gasteiger partial charge in [-0.05, 0) is 95.5 Å². The van der Waals surface area contributed by atoms with E-state index < -0.39 is 11.7 Å². The number of aryl methyl sites for hydroxylation is 7. The highest BCUT2D eigenvalue weighted by atomic mass is 19.4. The fraction of sp³-hybridized carbons (Fsp3) is 0.211. The Kier molecular flexibility index (Phi) is 11.2. The number of alkyl halides is 3. The summed E-state index contributed by atoms with van der Waals surface area (Å²) in [6, 6.07) is 34.5. The Morgan fingerprint density at radius 1 is 0.405 bits per heavy atom. The topological polar surface area (TPSA) is 9.23 Å². The van der Waals surface area contributed by atoms with E-state index in [9.17, 15) is 13.2 Å². The second-order valence-corrected chi connectivity index (χ2v) is 10.7. The zero-order valence-corrected chi connectivity index (χ0v) is 25.4. The average molecular weight is 569 g/mol. The second-order valence-electron chi connectivity index (χ2n) is 10.7. The lowest BCUT2D eigenvalue weighted by Gasteiger charge is -2.16. The maximum absolute atomic E-state index is 13.1. The summed E-state index contributed by atoms with van der Waals surface area (Å²) in [6.07, 6.45) is -4.33. The maximum Gasteiger partial charge on any atom is 0.417 e. The van der Waals surface area contributed by atoms with Crippen LogP contribution in [0, 0.1) is 48.5 Å². The van der Waals surface area contributed by atoms with Crippen molar-refractivity contribution >= 4 is 0 Å². The second kappa shape index (κ2) is 14.5. The van der Waals surface area contributed by atoms with Gasteiger partial charge in [-0.2, -0.15) is 13.2 Å². The predicted octanol–water partition coefficient (Wildman–Crippen LogP) is 11.7. The summed E-state index contributed by atoms with van der Waals surface area (Å²) in [5.74, 6) is 1.76. The lowest BCUT2D eigenvalue weighted by molar-refractivity contribution is -0.137. The molecule has 0 bridgehead atoms. The number of benzene rings is 5. The van der Waals surface area contributed by atoms with Crippen molar-refractivity contribution < 1.29 is 17.9 Å². The van der Waals surface area contributed by atoms with Crippen molar-refractivity contribution in [2.75, 3.05) is 0 Å². The molecule has 42 heavy (non-hydrogen) atoms. The van der Waals surface area contributed by atoms with Crippen molar-refractivity contribution in [1.29, 1.82) is 0 Å². The van der Waals surface area contributed by atoms with E-state index in [0.717, 1.165) is 22.6 Å². The molecule has 4 heteroatoms. The van der Waals surface area contributed by atoms with Gasteiger partial charge in [0.1, 0.15) is 11.5 Å². The smallest absolute Gasteiger partial charge is 0.417 e. The van der Waals surface area contributed by atoms with E-state index in [2.05, 4.69) is 52.0 Å². The van der Waals surface area contributed by atoms with Crippen molar-refractivity contribution in [3.8, 4) is 22.6 Å². The molecule has 0 amide bonds. The van der Waals surface area contributed by atoms with Gasteiger partial charge in [-0.15, -0.1) is 0 Å². The lowest BCUT2D eigenvalue weighted by atomic mass is 9.93. The number of hydrogen-bond donors (Lipinski definition) is 0. The fourth-order valence-electron chi connectivity index (χ4n) is 4.23. The van der Waals surface area contributed by atoms with Crippen LogP contribution in [0.3, 0.4) is 0 Å². The summed E-state index contributed by atoms with van der Waals surface area (Å²) in [7, 11) is 0. The highest BCUT2D eigenvalue weighted by Crippen LogP contribution is 2.38. The Bertz CT molecular complexity index is 1500. The van der Waals surface area contributed by atoms with E-state index in [1.807, 2.05) is 74.5 Å². The Balaban J connectivity index is 0.000000187. The van der Waals surface area contributed by atoms with Gasteiger partial charge in [0.15, 0.2) is 0 Å². The van der Waals surface area contributed by atoms with Gasteiger partial charge >= 0.3 is 6.18 Å². The lowest BCUT2D eigenvalue weighted by Crippen LogP contribution is -2.08. The van der Waals surface area contributed by atoms with Gasteiger partial charge in [0.2, 0.25) is 0 Å². The third-order valence-corrected chi connectivity index (χ3v) is 6.65. The molecule has 1 nitrogen and oxygen atoms in total. The molecule has 218 valence electrons. The summed E-state index contributed by atoms with van der Waals surface area (Å²) in [5.41, 5.74) is 7.97. The van der Waals surface area contributed by atoms with Gasteiger partial charge in [0.05, 0.1) is 5.56 Å². The average Bonchev–Trinajstić information content (AvgIpc) is 2.93. The Morgan fingerprint density at radius 3 is 1.12 bits per heavy atom. The SMILES string of the molecule is Cc1ccc(-c2ccc(C)cc2C(F)(F)F)c(C)c1.Cc1ccc(C)cc1.Cc1ccc(Oc2ccc(C)cc2)cc1. The Hall–Kier alpha value is -4.31. The summed E-state index contributed by atoms with van der Waals surface area (Å²) >= 11 is 0. The zero-order valence-electron chi connectivity index (χ0n) is 25.4. The summed E-state index contributed by atoms with van der Waals surface area (Å²) in [5, 5.41) is 0. The quantitative estimate of drug-likeness (QED) is 0.210. The van der Waals surface area contributed by atoms with E-state index in [4.69, 9.17) is 4.74 Å². The third-order valence-electron chi connectivity index (χ3n) is 6.65. The van der Waals surface area contributed by atoms with Crippen LogP contribution in [-0.2, 0) is 6.18 Å². The molecule has 0 radical (unpaired) electrons. The molecule has 0 fully saturated rings. The number of ether oxygens (including phenoxy) is 1. The van der Waals surface area contributed by atoms with Gasteiger partial charge < -0.3 is 4.74 Å². The van der Waals surface area contributed by atoms with E-state index in [1.54, 1.807) is 25.1 Å². The van der Waals surface area contributed by atoms with Crippen molar-refractivity contribution in [2.45, 2.75) is 54.6 Å². The molecule has 0 heterocycles. The molecule has 0 spiro atoms. The number of halogens is 3. The molecule has 0 aliphatic heterocycles. The predicted molar refractivity (Wildman–Crippen MR) is 169 cm³/mol. The minimum atomic E-state index is -4.33. The molecule has 0 unspecified atom stereocenters. The molecule has 0 saturated heterocycles. The van der Waals surface area contributed by atoms with E-state index >= 15 is 0 Å². The van der Waals surface area contributed by atoms with E-state index in [-0.39, 0.29) is 5.56 Å². The molecular formula is C38H39F3O. The van der Waals surface area contributed by atoms with Crippen molar-refractivity contribution in [3.05, 3.63) is 154 Å². The molecule has 0 N–H and O–H groups in total. The normalized spacial score (nSPS) is 10.6. The van der Waals surface area contributed by atoms with Crippen LogP contribution in [0.2, 0.25) is 0 Å². The van der Waals surface area contributed by atoms with Crippen LogP contribution >= 0.6 is 0 Å². The zero-order chi connectivity index (χ0) is 30.9. The van der Waals surface area contributed by atoms with Crippen molar-refractivity contribution in [1.82, 2.24) is 0 Å². The summed E-state index contributed by atoms with van der Waals surface area (Å²) in [4.78, 5) is 0. The van der Waals surface area contributed by atoms with E-state index in [0.29, 0.717) is 11.1 Å². The van der Waals surface area contributed by atoms with Gasteiger partial charge in [0, 0.05) is 0 Å². The number of hydrogen-bond acceptors (Lipinski definition) is 1. The van der Waals surface area contributed by atoms with Crippen LogP contribution in [0.15, 0.2) is 109 Å². The standard InChI is InChI=1S/C16H15F3.C14H14O.C8H10/c1-10-4-6-13(12(3)8-10)14-7-5-11(2)9-15(14)16(17,18)19;1-11-3-7-13(8-4-11)15-14-9-5-12(2)6-10-14;1-7-3-5-8(2)6-4-7/h4-9H,1-3H3;3-10H,1-2H3;3-6H,1-2H3. The van der Waals surface area contributed by atoms with Crippen LogP contribution in [0.4, 0.5) is 13.2 Å². The number of rotatable bonds is 3. The maximum atomic E-state index is 13.1. The molecule has 0 aliphatic carbocycles. The van der Waals surface area contributed by atoms with Crippen LogP contribution in [0.25, 0.3) is 11.1 Å². The molecule has 0 atom stereocenters.